The molecule has 0 amide bonds. The van der Waals surface area contributed by atoms with Crippen LogP contribution in [0.1, 0.15) is 22.7 Å². The first-order valence-corrected chi connectivity index (χ1v) is 7.65. The Bertz CT molecular complexity index is 644. The van der Waals surface area contributed by atoms with Gasteiger partial charge in [-0.15, -0.1) is 0 Å². The lowest BCUT2D eigenvalue weighted by Crippen LogP contribution is -2.19. The van der Waals surface area contributed by atoms with Crippen LogP contribution in [0.4, 0.5) is 4.39 Å². The van der Waals surface area contributed by atoms with E-state index in [9.17, 15) is 4.39 Å². The van der Waals surface area contributed by atoms with Gasteiger partial charge in [-0.2, -0.15) is 0 Å². The molecule has 0 saturated heterocycles. The van der Waals surface area contributed by atoms with Gasteiger partial charge in [-0.05, 0) is 52.9 Å². The molecular weight excluding hydrogens is 368 g/mol. The van der Waals surface area contributed by atoms with Crippen LogP contribution in [0.25, 0.3) is 0 Å². The van der Waals surface area contributed by atoms with Crippen molar-refractivity contribution in [1.29, 1.82) is 0 Å². The van der Waals surface area contributed by atoms with Gasteiger partial charge in [-0.25, -0.2) is 4.39 Å². The summed E-state index contributed by atoms with van der Waals surface area (Å²) < 4.78 is 20.0. The predicted molar refractivity (Wildman–Crippen MR) is 85.7 cm³/mol. The van der Waals surface area contributed by atoms with Crippen molar-refractivity contribution in [3.05, 3.63) is 62.5 Å². The van der Waals surface area contributed by atoms with Gasteiger partial charge in [0, 0.05) is 15.6 Å². The molecule has 2 nitrogen and oxygen atoms in total. The highest BCUT2D eigenvalue weighted by molar-refractivity contribution is 14.1. The topological polar surface area (TPSA) is 21.3 Å². The maximum atomic E-state index is 13.3. The minimum absolute atomic E-state index is 0.00977. The highest BCUT2D eigenvalue weighted by Crippen LogP contribution is 2.37. The Morgan fingerprint density at radius 1 is 1.25 bits per heavy atom. The largest absolute Gasteiger partial charge is 0.493 e. The molecule has 0 aliphatic carbocycles. The van der Waals surface area contributed by atoms with Crippen LogP contribution in [0.15, 0.2) is 36.4 Å². The van der Waals surface area contributed by atoms with E-state index in [0.717, 1.165) is 33.5 Å². The molecule has 3 rings (SSSR count). The van der Waals surface area contributed by atoms with E-state index in [1.807, 2.05) is 13.1 Å². The fourth-order valence-electron chi connectivity index (χ4n) is 2.68. The van der Waals surface area contributed by atoms with Gasteiger partial charge in [-0.1, -0.05) is 24.3 Å². The second-order valence-corrected chi connectivity index (χ2v) is 5.98. The first kappa shape index (κ1) is 13.8. The number of hydrogen-bond acceptors (Lipinski definition) is 2. The summed E-state index contributed by atoms with van der Waals surface area (Å²) in [5.41, 5.74) is 3.44. The molecule has 0 radical (unpaired) electrons. The summed E-state index contributed by atoms with van der Waals surface area (Å²) in [4.78, 5) is 0. The van der Waals surface area contributed by atoms with Gasteiger partial charge in [0.15, 0.2) is 0 Å². The summed E-state index contributed by atoms with van der Waals surface area (Å²) in [6, 6.07) is 11.2. The Hall–Kier alpha value is -1.14. The zero-order valence-corrected chi connectivity index (χ0v) is 13.3. The lowest BCUT2D eigenvalue weighted by Gasteiger charge is -2.21. The van der Waals surface area contributed by atoms with Crippen LogP contribution in [0.2, 0.25) is 0 Å². The first-order chi connectivity index (χ1) is 9.70. The van der Waals surface area contributed by atoms with Crippen LogP contribution >= 0.6 is 22.6 Å². The lowest BCUT2D eigenvalue weighted by atomic mass is 9.96. The summed E-state index contributed by atoms with van der Waals surface area (Å²) >= 11 is 2.18. The minimum Gasteiger partial charge on any atom is -0.493 e. The standard InChI is InChI=1S/C16H15FINO/c1-19-15(12-6-5-11(17)9-14(12)18)13-4-2-3-10-7-8-20-16(10)13/h2-6,9,15,19H,7-8H2,1H3. The van der Waals surface area contributed by atoms with E-state index >= 15 is 0 Å². The molecule has 0 aromatic heterocycles. The van der Waals surface area contributed by atoms with Gasteiger partial charge in [0.1, 0.15) is 11.6 Å². The molecule has 2 aromatic rings. The normalized spacial score (nSPS) is 14.8. The van der Waals surface area contributed by atoms with Gasteiger partial charge >= 0.3 is 0 Å². The first-order valence-electron chi connectivity index (χ1n) is 6.57. The van der Waals surface area contributed by atoms with Crippen LogP contribution in [0, 0.1) is 9.39 Å². The molecule has 1 unspecified atom stereocenters. The third-order valence-corrected chi connectivity index (χ3v) is 4.55. The Morgan fingerprint density at radius 3 is 2.85 bits per heavy atom. The zero-order chi connectivity index (χ0) is 14.1. The van der Waals surface area contributed by atoms with E-state index in [1.54, 1.807) is 6.07 Å². The molecule has 1 N–H and O–H groups in total. The van der Waals surface area contributed by atoms with Crippen LogP contribution < -0.4 is 10.1 Å². The molecule has 1 heterocycles. The number of nitrogens with one attached hydrogen (secondary N) is 1. The number of ether oxygens (including phenoxy) is 1. The molecule has 0 fully saturated rings. The highest BCUT2D eigenvalue weighted by Gasteiger charge is 2.23. The Kier molecular flexibility index (Phi) is 3.94. The van der Waals surface area contributed by atoms with Crippen molar-refractivity contribution in [3.8, 4) is 5.75 Å². The van der Waals surface area contributed by atoms with Crippen molar-refractivity contribution in [2.75, 3.05) is 13.7 Å². The molecule has 0 bridgehead atoms. The average molecular weight is 383 g/mol. The molecule has 2 aromatic carbocycles. The molecular formula is C16H15FINO. The average Bonchev–Trinajstić information content (AvgIpc) is 2.91. The Balaban J connectivity index is 2.09. The van der Waals surface area contributed by atoms with Crippen LogP contribution in [-0.4, -0.2) is 13.7 Å². The lowest BCUT2D eigenvalue weighted by molar-refractivity contribution is 0.351. The molecule has 1 atom stereocenters. The van der Waals surface area contributed by atoms with Crippen molar-refractivity contribution in [2.45, 2.75) is 12.5 Å². The number of para-hydroxylation sites is 1. The summed E-state index contributed by atoms with van der Waals surface area (Å²) in [6.45, 7) is 0.739. The van der Waals surface area contributed by atoms with E-state index in [0.29, 0.717) is 0 Å². The van der Waals surface area contributed by atoms with Crippen molar-refractivity contribution in [3.63, 3.8) is 0 Å². The SMILES string of the molecule is CNC(c1ccc(F)cc1I)c1cccc2c1OCC2. The van der Waals surface area contributed by atoms with Crippen molar-refractivity contribution >= 4 is 22.6 Å². The zero-order valence-electron chi connectivity index (χ0n) is 11.1. The fraction of sp³-hybridized carbons (Fsp3) is 0.250. The molecule has 4 heteroatoms. The van der Waals surface area contributed by atoms with Crippen LogP contribution in [0.3, 0.4) is 0 Å². The summed E-state index contributed by atoms with van der Waals surface area (Å²) in [5.74, 6) is 0.773. The van der Waals surface area contributed by atoms with Crippen LogP contribution in [0.5, 0.6) is 5.75 Å². The number of hydrogen-bond donors (Lipinski definition) is 1. The Morgan fingerprint density at radius 2 is 2.10 bits per heavy atom. The molecule has 1 aliphatic heterocycles. The summed E-state index contributed by atoms with van der Waals surface area (Å²) in [7, 11) is 1.92. The maximum Gasteiger partial charge on any atom is 0.127 e. The predicted octanol–water partition coefficient (Wildman–Crippen LogP) is 3.67. The maximum absolute atomic E-state index is 13.3. The molecule has 20 heavy (non-hydrogen) atoms. The number of halogens is 2. The molecule has 104 valence electrons. The summed E-state index contributed by atoms with van der Waals surface area (Å²) in [6.07, 6.45) is 0.958. The monoisotopic (exact) mass is 383 g/mol. The van der Waals surface area contributed by atoms with E-state index in [-0.39, 0.29) is 11.9 Å². The third-order valence-electron chi connectivity index (χ3n) is 3.62. The number of fused-ring (bicyclic) bond motifs is 1. The van der Waals surface area contributed by atoms with Gasteiger partial charge < -0.3 is 10.1 Å². The van der Waals surface area contributed by atoms with Crippen molar-refractivity contribution < 1.29 is 9.13 Å². The van der Waals surface area contributed by atoms with E-state index in [1.165, 1.54) is 11.6 Å². The fourth-order valence-corrected chi connectivity index (χ4v) is 3.47. The smallest absolute Gasteiger partial charge is 0.127 e. The number of rotatable bonds is 3. The molecule has 1 aliphatic rings. The Labute approximate surface area is 131 Å². The van der Waals surface area contributed by atoms with Gasteiger partial charge in [-0.3, -0.25) is 0 Å². The third kappa shape index (κ3) is 2.42. The van der Waals surface area contributed by atoms with Crippen molar-refractivity contribution in [2.24, 2.45) is 0 Å². The van der Waals surface area contributed by atoms with E-state index in [4.69, 9.17) is 4.74 Å². The second-order valence-electron chi connectivity index (χ2n) is 4.82. The molecule has 0 spiro atoms. The molecule has 0 saturated carbocycles. The van der Waals surface area contributed by atoms with Crippen LogP contribution in [-0.2, 0) is 6.42 Å². The number of benzene rings is 2. The summed E-state index contributed by atoms with van der Waals surface area (Å²) in [5, 5.41) is 3.32. The second kappa shape index (κ2) is 5.69. The van der Waals surface area contributed by atoms with Gasteiger partial charge in [0.25, 0.3) is 0 Å². The quantitative estimate of drug-likeness (QED) is 0.817. The highest BCUT2D eigenvalue weighted by atomic mass is 127. The minimum atomic E-state index is -0.206. The van der Waals surface area contributed by atoms with Gasteiger partial charge in [0.2, 0.25) is 0 Å². The van der Waals surface area contributed by atoms with E-state index in [2.05, 4.69) is 46.1 Å². The van der Waals surface area contributed by atoms with Crippen molar-refractivity contribution in [1.82, 2.24) is 5.32 Å². The van der Waals surface area contributed by atoms with Gasteiger partial charge in [0.05, 0.1) is 12.6 Å². The van der Waals surface area contributed by atoms with E-state index < -0.39 is 0 Å².